The van der Waals surface area contributed by atoms with Gasteiger partial charge in [-0.3, -0.25) is 9.69 Å². The number of H-pyrrole nitrogens is 1. The molecule has 0 saturated carbocycles. The van der Waals surface area contributed by atoms with Crippen LogP contribution >= 0.6 is 11.3 Å². The van der Waals surface area contributed by atoms with Crippen LogP contribution in [0.3, 0.4) is 0 Å². The molecule has 3 heterocycles. The number of aryl methyl sites for hydroxylation is 1. The fourth-order valence-electron chi connectivity index (χ4n) is 3.47. The highest BCUT2D eigenvalue weighted by Gasteiger charge is 2.19. The Morgan fingerprint density at radius 3 is 2.78 bits per heavy atom. The van der Waals surface area contributed by atoms with Crippen molar-refractivity contribution in [3.8, 4) is 6.07 Å². The lowest BCUT2D eigenvalue weighted by Gasteiger charge is -2.34. The van der Waals surface area contributed by atoms with Crippen LogP contribution in [0.25, 0.3) is 10.9 Å². The third-order valence-corrected chi connectivity index (χ3v) is 5.93. The zero-order valence-corrected chi connectivity index (χ0v) is 16.1. The molecule has 4 rings (SSSR count). The summed E-state index contributed by atoms with van der Waals surface area (Å²) in [6.45, 7) is 6.57. The molecule has 1 aliphatic heterocycles. The lowest BCUT2D eigenvalue weighted by Crippen LogP contribution is -2.45. The number of nitrogens with zero attached hydrogens (tertiary/aromatic N) is 4. The van der Waals surface area contributed by atoms with Gasteiger partial charge in [0.25, 0.3) is 5.56 Å². The van der Waals surface area contributed by atoms with Crippen LogP contribution in [0.4, 0.5) is 5.13 Å². The number of pyridine rings is 1. The Labute approximate surface area is 161 Å². The molecule has 0 amide bonds. The summed E-state index contributed by atoms with van der Waals surface area (Å²) in [5.41, 5.74) is 3.44. The fraction of sp³-hybridized carbons (Fsp3) is 0.350. The minimum Gasteiger partial charge on any atom is -0.345 e. The maximum atomic E-state index is 12.1. The van der Waals surface area contributed by atoms with E-state index >= 15 is 0 Å². The van der Waals surface area contributed by atoms with E-state index in [2.05, 4.69) is 44.0 Å². The fourth-order valence-corrected chi connectivity index (χ4v) is 4.28. The molecular formula is C20H21N5OS. The topological polar surface area (TPSA) is 76.0 Å². The quantitative estimate of drug-likeness (QED) is 0.754. The second-order valence-electron chi connectivity index (χ2n) is 6.79. The predicted octanol–water partition coefficient (Wildman–Crippen LogP) is 2.74. The number of aromatic nitrogens is 2. The van der Waals surface area contributed by atoms with Crippen LogP contribution in [0.5, 0.6) is 0 Å². The summed E-state index contributed by atoms with van der Waals surface area (Å²) >= 11 is 1.53. The van der Waals surface area contributed by atoms with Gasteiger partial charge in [0.15, 0.2) is 10.8 Å². The molecule has 1 aliphatic rings. The van der Waals surface area contributed by atoms with Crippen molar-refractivity contribution in [2.24, 2.45) is 0 Å². The van der Waals surface area contributed by atoms with Crippen molar-refractivity contribution < 1.29 is 0 Å². The van der Waals surface area contributed by atoms with Gasteiger partial charge in [0.1, 0.15) is 6.07 Å². The Morgan fingerprint density at radius 2 is 2.07 bits per heavy atom. The summed E-state index contributed by atoms with van der Waals surface area (Å²) in [5, 5.41) is 12.7. The van der Waals surface area contributed by atoms with E-state index in [1.165, 1.54) is 16.9 Å². The van der Waals surface area contributed by atoms with Gasteiger partial charge in [-0.25, -0.2) is 4.98 Å². The first-order valence-corrected chi connectivity index (χ1v) is 10.0. The van der Waals surface area contributed by atoms with E-state index in [4.69, 9.17) is 5.26 Å². The number of nitriles is 1. The summed E-state index contributed by atoms with van der Waals surface area (Å²) in [6, 6.07) is 10.4. The van der Waals surface area contributed by atoms with Crippen molar-refractivity contribution in [3.05, 3.63) is 56.8 Å². The number of aromatic amines is 1. The van der Waals surface area contributed by atoms with Crippen LogP contribution in [0, 0.1) is 11.3 Å². The smallest absolute Gasteiger partial charge is 0.251 e. The van der Waals surface area contributed by atoms with Crippen molar-refractivity contribution in [3.63, 3.8) is 0 Å². The summed E-state index contributed by atoms with van der Waals surface area (Å²) in [7, 11) is 0. The molecule has 27 heavy (non-hydrogen) atoms. The van der Waals surface area contributed by atoms with Gasteiger partial charge < -0.3 is 9.88 Å². The Kier molecular flexibility index (Phi) is 4.92. The Bertz CT molecular complexity index is 1060. The molecule has 1 N–H and O–H groups in total. The highest BCUT2D eigenvalue weighted by Crippen LogP contribution is 2.22. The van der Waals surface area contributed by atoms with Gasteiger partial charge in [-0.15, -0.1) is 11.3 Å². The molecule has 0 atom stereocenters. The number of anilines is 1. The zero-order valence-electron chi connectivity index (χ0n) is 15.2. The molecule has 3 aromatic rings. The maximum absolute atomic E-state index is 12.1. The second-order valence-corrected chi connectivity index (χ2v) is 7.63. The normalized spacial score (nSPS) is 15.2. The Hall–Kier alpha value is -2.69. The van der Waals surface area contributed by atoms with E-state index in [1.807, 2.05) is 18.4 Å². The lowest BCUT2D eigenvalue weighted by molar-refractivity contribution is 0.250. The van der Waals surface area contributed by atoms with Gasteiger partial charge in [0.05, 0.1) is 0 Å². The van der Waals surface area contributed by atoms with Gasteiger partial charge in [0, 0.05) is 49.2 Å². The Balaban J connectivity index is 1.42. The number of thiazole rings is 1. The van der Waals surface area contributed by atoms with Crippen molar-refractivity contribution in [1.29, 1.82) is 5.26 Å². The van der Waals surface area contributed by atoms with E-state index < -0.39 is 0 Å². The van der Waals surface area contributed by atoms with Crippen molar-refractivity contribution in [1.82, 2.24) is 14.9 Å². The van der Waals surface area contributed by atoms with Gasteiger partial charge in [-0.2, -0.15) is 5.26 Å². The summed E-state index contributed by atoms with van der Waals surface area (Å²) < 4.78 is 0. The van der Waals surface area contributed by atoms with Gasteiger partial charge in [-0.05, 0) is 29.5 Å². The average Bonchev–Trinajstić information content (AvgIpc) is 3.17. The average molecular weight is 379 g/mol. The molecule has 0 radical (unpaired) electrons. The molecule has 0 bridgehead atoms. The predicted molar refractivity (Wildman–Crippen MR) is 108 cm³/mol. The SMILES string of the molecule is CCc1cc2ccc(CN3CCN(c4nc(C#N)cs4)CC3)cc2[nH]c1=O. The summed E-state index contributed by atoms with van der Waals surface area (Å²) in [6.07, 6.45) is 0.742. The molecule has 0 spiro atoms. The van der Waals surface area contributed by atoms with Gasteiger partial charge in [0.2, 0.25) is 0 Å². The summed E-state index contributed by atoms with van der Waals surface area (Å²) in [4.78, 5) is 24.1. The second kappa shape index (κ2) is 7.51. The van der Waals surface area contributed by atoms with Crippen LogP contribution in [0.2, 0.25) is 0 Å². The van der Waals surface area contributed by atoms with E-state index in [0.29, 0.717) is 5.69 Å². The minimum absolute atomic E-state index is 0.0101. The molecular weight excluding hydrogens is 358 g/mol. The highest BCUT2D eigenvalue weighted by atomic mass is 32.1. The number of benzene rings is 1. The van der Waals surface area contributed by atoms with Gasteiger partial charge in [-0.1, -0.05) is 19.1 Å². The third kappa shape index (κ3) is 3.72. The van der Waals surface area contributed by atoms with Crippen molar-refractivity contribution in [2.45, 2.75) is 19.9 Å². The maximum Gasteiger partial charge on any atom is 0.251 e. The lowest BCUT2D eigenvalue weighted by atomic mass is 10.1. The first-order valence-electron chi connectivity index (χ1n) is 9.14. The van der Waals surface area contributed by atoms with Crippen LogP contribution in [-0.2, 0) is 13.0 Å². The van der Waals surface area contributed by atoms with E-state index in [1.54, 1.807) is 0 Å². The van der Waals surface area contributed by atoms with Crippen LogP contribution < -0.4 is 10.5 Å². The molecule has 1 saturated heterocycles. The number of nitrogens with one attached hydrogen (secondary N) is 1. The van der Waals surface area contributed by atoms with Crippen LogP contribution in [-0.4, -0.2) is 41.0 Å². The molecule has 1 fully saturated rings. The third-order valence-electron chi connectivity index (χ3n) is 5.02. The first kappa shape index (κ1) is 17.7. The molecule has 138 valence electrons. The van der Waals surface area contributed by atoms with Crippen LogP contribution in [0.1, 0.15) is 23.7 Å². The van der Waals surface area contributed by atoms with Gasteiger partial charge >= 0.3 is 0 Å². The number of fused-ring (bicyclic) bond motifs is 1. The van der Waals surface area contributed by atoms with Crippen molar-refractivity contribution >= 4 is 27.4 Å². The monoisotopic (exact) mass is 379 g/mol. The molecule has 1 aromatic carbocycles. The first-order chi connectivity index (χ1) is 13.2. The number of rotatable bonds is 4. The standard InChI is InChI=1S/C20H21N5OS/c1-2-15-10-16-4-3-14(9-18(16)23-19(15)26)12-24-5-7-25(8-6-24)20-22-17(11-21)13-27-20/h3-4,9-10,13H,2,5-8,12H2,1H3,(H,23,26). The highest BCUT2D eigenvalue weighted by molar-refractivity contribution is 7.13. The molecule has 7 heteroatoms. The largest absolute Gasteiger partial charge is 0.345 e. The zero-order chi connectivity index (χ0) is 18.8. The van der Waals surface area contributed by atoms with E-state index in [9.17, 15) is 4.79 Å². The minimum atomic E-state index is 0.0101. The van der Waals surface area contributed by atoms with Crippen LogP contribution in [0.15, 0.2) is 34.4 Å². The summed E-state index contributed by atoms with van der Waals surface area (Å²) in [5.74, 6) is 0. The van der Waals surface area contributed by atoms with Crippen molar-refractivity contribution in [2.75, 3.05) is 31.1 Å². The molecule has 0 unspecified atom stereocenters. The number of hydrogen-bond donors (Lipinski definition) is 1. The van der Waals surface area contributed by atoms with E-state index in [-0.39, 0.29) is 5.56 Å². The number of hydrogen-bond acceptors (Lipinski definition) is 6. The number of piperazine rings is 1. The Morgan fingerprint density at radius 1 is 1.26 bits per heavy atom. The molecule has 6 nitrogen and oxygen atoms in total. The molecule has 2 aromatic heterocycles. The molecule has 0 aliphatic carbocycles. The van der Waals surface area contributed by atoms with E-state index in [0.717, 1.165) is 60.7 Å².